The number of aryl methyl sites for hydroxylation is 1. The third-order valence-corrected chi connectivity index (χ3v) is 5.88. The van der Waals surface area contributed by atoms with Crippen LogP contribution in [0.2, 0.25) is 0 Å². The Kier molecular flexibility index (Phi) is 5.46. The monoisotopic (exact) mass is 454 g/mol. The van der Waals surface area contributed by atoms with Crippen LogP contribution >= 0.6 is 11.3 Å². The molecule has 0 aromatic carbocycles. The second-order valence-corrected chi connectivity index (χ2v) is 9.33. The third-order valence-electron chi connectivity index (χ3n) is 4.70. The molecular formula is C20H22N8O3S. The van der Waals surface area contributed by atoms with Crippen molar-refractivity contribution in [2.75, 3.05) is 5.32 Å². The number of aromatic nitrogens is 6. The number of fused-ring (bicyclic) bond motifs is 1. The van der Waals surface area contributed by atoms with Crippen molar-refractivity contribution in [2.45, 2.75) is 39.2 Å². The fraction of sp³-hybridized carbons (Fsp3) is 0.350. The molecule has 11 nitrogen and oxygen atoms in total. The molecule has 166 valence electrons. The lowest BCUT2D eigenvalue weighted by molar-refractivity contribution is 0.0936. The number of carbonyl (C=O) groups is 2. The van der Waals surface area contributed by atoms with Crippen molar-refractivity contribution in [3.05, 3.63) is 46.1 Å². The molecule has 4 aromatic rings. The quantitative estimate of drug-likeness (QED) is 0.469. The highest BCUT2D eigenvalue weighted by atomic mass is 32.1. The van der Waals surface area contributed by atoms with Gasteiger partial charge in [-0.3, -0.25) is 14.3 Å². The number of hydrogen-bond donors (Lipinski definition) is 2. The number of amides is 2. The summed E-state index contributed by atoms with van der Waals surface area (Å²) in [6.07, 6.45) is 4.34. The van der Waals surface area contributed by atoms with Crippen LogP contribution in [-0.4, -0.2) is 41.7 Å². The highest BCUT2D eigenvalue weighted by molar-refractivity contribution is 7.13. The summed E-state index contributed by atoms with van der Waals surface area (Å²) in [6, 6.07) is 1.26. The van der Waals surface area contributed by atoms with Gasteiger partial charge in [-0.05, 0) is 6.92 Å². The van der Waals surface area contributed by atoms with Gasteiger partial charge in [0.2, 0.25) is 0 Å². The van der Waals surface area contributed by atoms with Crippen LogP contribution in [0.5, 0.6) is 0 Å². The Bertz CT molecular complexity index is 1300. The van der Waals surface area contributed by atoms with E-state index in [1.807, 2.05) is 20.8 Å². The first-order chi connectivity index (χ1) is 15.1. The molecule has 12 heteroatoms. The summed E-state index contributed by atoms with van der Waals surface area (Å²) >= 11 is 1.18. The molecule has 4 rings (SSSR count). The van der Waals surface area contributed by atoms with Gasteiger partial charge in [-0.1, -0.05) is 25.9 Å². The van der Waals surface area contributed by atoms with Gasteiger partial charge in [0.1, 0.15) is 27.7 Å². The van der Waals surface area contributed by atoms with Gasteiger partial charge >= 0.3 is 0 Å². The molecule has 0 fully saturated rings. The number of nitrogens with one attached hydrogen (secondary N) is 2. The Morgan fingerprint density at radius 1 is 1.16 bits per heavy atom. The molecule has 2 amide bonds. The molecule has 0 radical (unpaired) electrons. The van der Waals surface area contributed by atoms with Gasteiger partial charge in [0.05, 0.1) is 23.8 Å². The number of nitrogens with zero attached hydrogens (tertiary/aromatic N) is 6. The molecule has 0 aliphatic rings. The van der Waals surface area contributed by atoms with Crippen LogP contribution in [0.3, 0.4) is 0 Å². The minimum atomic E-state index is -0.435. The molecule has 0 spiro atoms. The van der Waals surface area contributed by atoms with Crippen molar-refractivity contribution >= 4 is 40.0 Å². The Labute approximate surface area is 187 Å². The fourth-order valence-corrected chi connectivity index (χ4v) is 3.74. The van der Waals surface area contributed by atoms with E-state index in [9.17, 15) is 9.59 Å². The van der Waals surface area contributed by atoms with E-state index in [2.05, 4.69) is 35.8 Å². The average Bonchev–Trinajstić information content (AvgIpc) is 3.47. The second kappa shape index (κ2) is 8.11. The largest absolute Gasteiger partial charge is 0.359 e. The first-order valence-corrected chi connectivity index (χ1v) is 10.6. The van der Waals surface area contributed by atoms with E-state index in [0.717, 1.165) is 0 Å². The topological polar surface area (TPSA) is 141 Å². The normalized spacial score (nSPS) is 12.7. The van der Waals surface area contributed by atoms with E-state index in [0.29, 0.717) is 32.5 Å². The summed E-state index contributed by atoms with van der Waals surface area (Å²) in [5.41, 5.74) is 0.574. The summed E-state index contributed by atoms with van der Waals surface area (Å²) in [4.78, 5) is 38.2. The number of carbonyl (C=O) groups excluding carboxylic acids is 2. The third kappa shape index (κ3) is 4.21. The minimum Gasteiger partial charge on any atom is -0.359 e. The zero-order valence-electron chi connectivity index (χ0n) is 18.2. The lowest BCUT2D eigenvalue weighted by atomic mass is 9.93. The maximum absolute atomic E-state index is 12.8. The molecule has 0 aliphatic heterocycles. The van der Waals surface area contributed by atoms with E-state index < -0.39 is 6.04 Å². The Balaban J connectivity index is 1.44. The van der Waals surface area contributed by atoms with Crippen LogP contribution in [0, 0.1) is 0 Å². The SMILES string of the molecule is CC(NC(=O)c1ncnc2c1cnn2C)c1ncc(C(=O)Nc2cc(C(C)(C)C)on2)s1. The number of thiazole rings is 1. The summed E-state index contributed by atoms with van der Waals surface area (Å²) in [6.45, 7) is 7.76. The summed E-state index contributed by atoms with van der Waals surface area (Å²) in [5, 5.41) is 14.7. The predicted molar refractivity (Wildman–Crippen MR) is 117 cm³/mol. The lowest BCUT2D eigenvalue weighted by Crippen LogP contribution is -2.27. The highest BCUT2D eigenvalue weighted by Crippen LogP contribution is 2.26. The summed E-state index contributed by atoms with van der Waals surface area (Å²) in [5.74, 6) is 0.271. The molecular weight excluding hydrogens is 432 g/mol. The zero-order valence-corrected chi connectivity index (χ0v) is 19.0. The van der Waals surface area contributed by atoms with Crippen molar-refractivity contribution in [2.24, 2.45) is 7.05 Å². The van der Waals surface area contributed by atoms with Crippen molar-refractivity contribution in [1.29, 1.82) is 0 Å². The Morgan fingerprint density at radius 2 is 1.94 bits per heavy atom. The molecule has 2 N–H and O–H groups in total. The van der Waals surface area contributed by atoms with Crippen molar-refractivity contribution in [1.82, 2.24) is 35.2 Å². The average molecular weight is 455 g/mol. The number of anilines is 1. The van der Waals surface area contributed by atoms with Crippen molar-refractivity contribution in [3.8, 4) is 0 Å². The maximum Gasteiger partial charge on any atom is 0.271 e. The van der Waals surface area contributed by atoms with Gasteiger partial charge in [0.15, 0.2) is 11.5 Å². The van der Waals surface area contributed by atoms with Crippen molar-refractivity contribution < 1.29 is 14.1 Å². The van der Waals surface area contributed by atoms with E-state index >= 15 is 0 Å². The molecule has 4 heterocycles. The first-order valence-electron chi connectivity index (χ1n) is 9.81. The van der Waals surface area contributed by atoms with Crippen LogP contribution in [0.4, 0.5) is 5.82 Å². The van der Waals surface area contributed by atoms with Gasteiger partial charge in [0.25, 0.3) is 11.8 Å². The molecule has 32 heavy (non-hydrogen) atoms. The summed E-state index contributed by atoms with van der Waals surface area (Å²) in [7, 11) is 1.74. The highest BCUT2D eigenvalue weighted by Gasteiger charge is 2.23. The van der Waals surface area contributed by atoms with E-state index in [1.165, 1.54) is 23.9 Å². The first kappa shape index (κ1) is 21.6. The van der Waals surface area contributed by atoms with Gasteiger partial charge < -0.3 is 15.2 Å². The van der Waals surface area contributed by atoms with Crippen LogP contribution < -0.4 is 10.6 Å². The Morgan fingerprint density at radius 3 is 2.66 bits per heavy atom. The molecule has 0 saturated carbocycles. The Hall–Kier alpha value is -3.67. The molecule has 0 saturated heterocycles. The molecule has 1 unspecified atom stereocenters. The van der Waals surface area contributed by atoms with Gasteiger partial charge in [-0.25, -0.2) is 15.0 Å². The van der Waals surface area contributed by atoms with Crippen LogP contribution in [0.15, 0.2) is 29.3 Å². The molecule has 4 aromatic heterocycles. The summed E-state index contributed by atoms with van der Waals surface area (Å²) < 4.78 is 6.86. The predicted octanol–water partition coefficient (Wildman–Crippen LogP) is 2.85. The van der Waals surface area contributed by atoms with Crippen LogP contribution in [0.1, 0.15) is 64.7 Å². The molecule has 0 bridgehead atoms. The van der Waals surface area contributed by atoms with Gasteiger partial charge in [-0.2, -0.15) is 5.10 Å². The second-order valence-electron chi connectivity index (χ2n) is 8.27. The minimum absolute atomic E-state index is 0.216. The van der Waals surface area contributed by atoms with E-state index in [4.69, 9.17) is 4.52 Å². The lowest BCUT2D eigenvalue weighted by Gasteiger charge is -2.12. The number of rotatable bonds is 5. The standard InChI is InChI=1S/C20H22N8O3S/c1-10(25-18(30)15-11-7-24-28(5)16(11)23-9-22-15)19-21-8-12(32-19)17(29)26-14-6-13(31-27-14)20(2,3)4/h6-10H,1-5H3,(H,25,30)(H,26,27,29). The van der Waals surface area contributed by atoms with Crippen LogP contribution in [-0.2, 0) is 12.5 Å². The van der Waals surface area contributed by atoms with Gasteiger partial charge in [0, 0.05) is 18.5 Å². The van der Waals surface area contributed by atoms with Crippen molar-refractivity contribution in [3.63, 3.8) is 0 Å². The molecule has 0 aliphatic carbocycles. The smallest absolute Gasteiger partial charge is 0.271 e. The van der Waals surface area contributed by atoms with E-state index in [-0.39, 0.29) is 22.9 Å². The number of hydrogen-bond acceptors (Lipinski definition) is 9. The van der Waals surface area contributed by atoms with E-state index in [1.54, 1.807) is 30.9 Å². The fourth-order valence-electron chi connectivity index (χ4n) is 2.93. The van der Waals surface area contributed by atoms with Gasteiger partial charge in [-0.15, -0.1) is 11.3 Å². The maximum atomic E-state index is 12.8. The van der Waals surface area contributed by atoms with Crippen LogP contribution in [0.25, 0.3) is 11.0 Å². The molecule has 1 atom stereocenters. The zero-order chi connectivity index (χ0) is 23.0.